The third-order valence-corrected chi connectivity index (χ3v) is 3.77. The van der Waals surface area contributed by atoms with Gasteiger partial charge in [0.05, 0.1) is 0 Å². The van der Waals surface area contributed by atoms with E-state index in [1.165, 1.54) is 12.5 Å². The summed E-state index contributed by atoms with van der Waals surface area (Å²) in [5.74, 6) is 1.54. The molecule has 0 spiro atoms. The number of aliphatic imine (C=N–C) groups is 2. The molecule has 22 heavy (non-hydrogen) atoms. The molecule has 2 aliphatic heterocycles. The highest BCUT2D eigenvalue weighted by Gasteiger charge is 2.21. The number of hydrogen-bond acceptors (Lipinski definition) is 2. The lowest BCUT2D eigenvalue weighted by molar-refractivity contribution is -0.115. The van der Waals surface area contributed by atoms with Crippen LogP contribution in [0.5, 0.6) is 0 Å². The summed E-state index contributed by atoms with van der Waals surface area (Å²) in [6.45, 7) is 6.53. The van der Waals surface area contributed by atoms with Gasteiger partial charge < -0.3 is 4.90 Å². The van der Waals surface area contributed by atoms with Gasteiger partial charge in [0.15, 0.2) is 5.84 Å². The fourth-order valence-electron chi connectivity index (χ4n) is 2.59. The maximum atomic E-state index is 11.4. The Morgan fingerprint density at radius 3 is 2.77 bits per heavy atom. The normalized spacial score (nSPS) is 18.5. The summed E-state index contributed by atoms with van der Waals surface area (Å²) in [6.07, 6.45) is 6.22. The summed E-state index contributed by atoms with van der Waals surface area (Å²) in [4.78, 5) is 22.3. The lowest BCUT2D eigenvalue weighted by Gasteiger charge is -2.24. The van der Waals surface area contributed by atoms with Gasteiger partial charge in [-0.2, -0.15) is 4.99 Å². The molecule has 4 heteroatoms. The topological polar surface area (TPSA) is 45.0 Å². The minimum absolute atomic E-state index is 0.235. The number of carbonyl (C=O) groups excluding carboxylic acids is 1. The molecule has 4 nitrogen and oxygen atoms in total. The van der Waals surface area contributed by atoms with Crippen molar-refractivity contribution in [1.29, 1.82) is 0 Å². The number of benzene rings is 1. The van der Waals surface area contributed by atoms with Gasteiger partial charge in [-0.25, -0.2) is 4.99 Å². The SMILES string of the molecule is CC(=O)/N=C1/N=C2C=CC(C(C)C)=CN2Cc2ccccc21. The van der Waals surface area contributed by atoms with Crippen molar-refractivity contribution in [3.63, 3.8) is 0 Å². The lowest BCUT2D eigenvalue weighted by Crippen LogP contribution is -2.26. The van der Waals surface area contributed by atoms with Gasteiger partial charge in [0.25, 0.3) is 0 Å². The quantitative estimate of drug-likeness (QED) is 0.797. The zero-order valence-electron chi connectivity index (χ0n) is 13.1. The fourth-order valence-corrected chi connectivity index (χ4v) is 2.59. The molecule has 1 aromatic rings. The Kier molecular flexibility index (Phi) is 3.75. The third-order valence-electron chi connectivity index (χ3n) is 3.77. The predicted octanol–water partition coefficient (Wildman–Crippen LogP) is 3.30. The van der Waals surface area contributed by atoms with Crippen LogP contribution in [-0.4, -0.2) is 22.5 Å². The van der Waals surface area contributed by atoms with Crippen LogP contribution < -0.4 is 0 Å². The van der Waals surface area contributed by atoms with E-state index < -0.39 is 0 Å². The molecule has 0 aliphatic carbocycles. The Morgan fingerprint density at radius 2 is 2.05 bits per heavy atom. The number of carbonyl (C=O) groups is 1. The number of nitrogens with zero attached hydrogens (tertiary/aromatic N) is 3. The van der Waals surface area contributed by atoms with Gasteiger partial charge in [0.2, 0.25) is 5.91 Å². The van der Waals surface area contributed by atoms with E-state index in [4.69, 9.17) is 0 Å². The zero-order chi connectivity index (χ0) is 15.7. The summed E-state index contributed by atoms with van der Waals surface area (Å²) in [6, 6.07) is 7.98. The second-order valence-corrected chi connectivity index (χ2v) is 5.83. The van der Waals surface area contributed by atoms with E-state index >= 15 is 0 Å². The number of amides is 1. The second kappa shape index (κ2) is 5.72. The average Bonchev–Trinajstić information content (AvgIpc) is 2.62. The summed E-state index contributed by atoms with van der Waals surface area (Å²) in [7, 11) is 0. The molecular formula is C18H19N3O. The van der Waals surface area contributed by atoms with Crippen molar-refractivity contribution in [2.24, 2.45) is 15.9 Å². The van der Waals surface area contributed by atoms with Crippen LogP contribution in [0, 0.1) is 5.92 Å². The first-order chi connectivity index (χ1) is 10.5. The average molecular weight is 293 g/mol. The molecule has 0 saturated heterocycles. The number of rotatable bonds is 1. The molecule has 0 saturated carbocycles. The van der Waals surface area contributed by atoms with Crippen molar-refractivity contribution in [2.45, 2.75) is 27.3 Å². The number of allylic oxidation sites excluding steroid dienone is 2. The Labute approximate surface area is 130 Å². The van der Waals surface area contributed by atoms with Gasteiger partial charge in [-0.3, -0.25) is 4.79 Å². The van der Waals surface area contributed by atoms with Gasteiger partial charge >= 0.3 is 0 Å². The highest BCUT2D eigenvalue weighted by molar-refractivity contribution is 6.14. The Hall–Kier alpha value is -2.49. The van der Waals surface area contributed by atoms with Crippen LogP contribution in [-0.2, 0) is 11.3 Å². The highest BCUT2D eigenvalue weighted by Crippen LogP contribution is 2.24. The van der Waals surface area contributed by atoms with Crippen molar-refractivity contribution in [2.75, 3.05) is 0 Å². The summed E-state index contributed by atoms with van der Waals surface area (Å²) >= 11 is 0. The number of hydrogen-bond donors (Lipinski definition) is 0. The van der Waals surface area contributed by atoms with Crippen LogP contribution >= 0.6 is 0 Å². The van der Waals surface area contributed by atoms with E-state index in [0.717, 1.165) is 23.5 Å². The molecule has 1 amide bonds. The van der Waals surface area contributed by atoms with Gasteiger partial charge in [-0.15, -0.1) is 0 Å². The Bertz CT molecular complexity index is 738. The molecule has 0 aromatic heterocycles. The van der Waals surface area contributed by atoms with Gasteiger partial charge in [-0.1, -0.05) is 44.2 Å². The van der Waals surface area contributed by atoms with Crippen LogP contribution in [0.4, 0.5) is 0 Å². The number of amidine groups is 2. The van der Waals surface area contributed by atoms with Gasteiger partial charge in [0.1, 0.15) is 5.84 Å². The molecule has 1 aromatic carbocycles. The van der Waals surface area contributed by atoms with Crippen molar-refractivity contribution in [1.82, 2.24) is 4.90 Å². The van der Waals surface area contributed by atoms with Crippen LogP contribution in [0.25, 0.3) is 0 Å². The maximum absolute atomic E-state index is 11.4. The standard InChI is InChI=1S/C18H19N3O/c1-12(2)14-8-9-17-20-18(19-13(3)22)16-7-5-4-6-15(16)11-21(17)10-14/h4-10,12H,11H2,1-3H3/b19-18+. The van der Waals surface area contributed by atoms with Crippen molar-refractivity contribution in [3.8, 4) is 0 Å². The molecule has 0 unspecified atom stereocenters. The fraction of sp³-hybridized carbons (Fsp3) is 0.278. The zero-order valence-corrected chi connectivity index (χ0v) is 13.1. The first kappa shape index (κ1) is 14.4. The van der Waals surface area contributed by atoms with Crippen LogP contribution in [0.3, 0.4) is 0 Å². The highest BCUT2D eigenvalue weighted by atomic mass is 16.1. The van der Waals surface area contributed by atoms with Gasteiger partial charge in [-0.05, 0) is 23.1 Å². The summed E-state index contributed by atoms with van der Waals surface area (Å²) in [5.41, 5.74) is 3.31. The Morgan fingerprint density at radius 1 is 1.27 bits per heavy atom. The van der Waals surface area contributed by atoms with Crippen molar-refractivity contribution < 1.29 is 4.79 Å². The van der Waals surface area contributed by atoms with E-state index in [0.29, 0.717) is 11.8 Å². The van der Waals surface area contributed by atoms with Gasteiger partial charge in [0, 0.05) is 25.2 Å². The van der Waals surface area contributed by atoms with Crippen molar-refractivity contribution in [3.05, 3.63) is 59.3 Å². The second-order valence-electron chi connectivity index (χ2n) is 5.83. The minimum Gasteiger partial charge on any atom is -0.328 e. The van der Waals surface area contributed by atoms with Crippen LogP contribution in [0.15, 0.2) is 58.2 Å². The molecule has 0 atom stereocenters. The molecule has 0 radical (unpaired) electrons. The predicted molar refractivity (Wildman–Crippen MR) is 88.7 cm³/mol. The van der Waals surface area contributed by atoms with E-state index in [2.05, 4.69) is 47.1 Å². The summed E-state index contributed by atoms with van der Waals surface area (Å²) in [5, 5.41) is 0. The lowest BCUT2D eigenvalue weighted by atomic mass is 10.0. The van der Waals surface area contributed by atoms with E-state index in [1.807, 2.05) is 24.3 Å². The van der Waals surface area contributed by atoms with E-state index in [1.54, 1.807) is 0 Å². The molecular weight excluding hydrogens is 274 g/mol. The minimum atomic E-state index is -0.235. The van der Waals surface area contributed by atoms with E-state index in [-0.39, 0.29) is 5.91 Å². The van der Waals surface area contributed by atoms with Crippen LogP contribution in [0.1, 0.15) is 31.9 Å². The van der Waals surface area contributed by atoms with Crippen LogP contribution in [0.2, 0.25) is 0 Å². The monoisotopic (exact) mass is 293 g/mol. The molecule has 0 N–H and O–H groups in total. The van der Waals surface area contributed by atoms with Crippen molar-refractivity contribution >= 4 is 17.6 Å². The molecule has 0 bridgehead atoms. The Balaban J connectivity index is 2.12. The molecule has 3 rings (SSSR count). The molecule has 112 valence electrons. The first-order valence-corrected chi connectivity index (χ1v) is 7.47. The maximum Gasteiger partial charge on any atom is 0.244 e. The molecule has 2 heterocycles. The first-order valence-electron chi connectivity index (χ1n) is 7.47. The number of fused-ring (bicyclic) bond motifs is 2. The molecule has 0 fully saturated rings. The largest absolute Gasteiger partial charge is 0.328 e. The third kappa shape index (κ3) is 2.77. The summed E-state index contributed by atoms with van der Waals surface area (Å²) < 4.78 is 0. The molecule has 2 aliphatic rings. The van der Waals surface area contributed by atoms with E-state index in [9.17, 15) is 4.79 Å². The smallest absolute Gasteiger partial charge is 0.244 e.